The number of aromatic nitrogens is 2. The van der Waals surface area contributed by atoms with Gasteiger partial charge in [0.05, 0.1) is 18.8 Å². The first-order chi connectivity index (χ1) is 15.5. The van der Waals surface area contributed by atoms with Gasteiger partial charge in [0, 0.05) is 14.1 Å². The first kappa shape index (κ1) is 29.3. The Bertz CT molecular complexity index is 966. The number of rotatable bonds is 5. The van der Waals surface area contributed by atoms with Gasteiger partial charge in [0.15, 0.2) is 6.29 Å². The summed E-state index contributed by atoms with van der Waals surface area (Å²) >= 11 is 0. The summed E-state index contributed by atoms with van der Waals surface area (Å²) < 4.78 is 17.4. The second-order valence-corrected chi connectivity index (χ2v) is 7.98. The van der Waals surface area contributed by atoms with Crippen LogP contribution in [0.2, 0.25) is 0 Å². The third-order valence-corrected chi connectivity index (χ3v) is 5.93. The molecule has 0 aromatic carbocycles. The average molecular weight is 502 g/mol. The van der Waals surface area contributed by atoms with Crippen LogP contribution in [0.5, 0.6) is 5.88 Å². The van der Waals surface area contributed by atoms with Crippen LogP contribution in [-0.2, 0) is 28.3 Å². The van der Waals surface area contributed by atoms with Crippen LogP contribution in [0.25, 0.3) is 0 Å². The van der Waals surface area contributed by atoms with Gasteiger partial charge in [-0.05, 0) is 5.88 Å². The minimum absolute atomic E-state index is 0. The first-order valence-corrected chi connectivity index (χ1v) is 10.0. The smallest absolute Gasteiger partial charge is 0.860 e. The number of hydrogen-bond donors (Lipinski definition) is 7. The predicted molar refractivity (Wildman–Crippen MR) is 102 cm³/mol. The van der Waals surface area contributed by atoms with Crippen LogP contribution in [0, 0.1) is 0 Å². The van der Waals surface area contributed by atoms with Gasteiger partial charge in [-0.2, -0.15) is 0 Å². The Kier molecular flexibility index (Phi) is 9.85. The summed E-state index contributed by atoms with van der Waals surface area (Å²) in [5, 5.41) is 82.8. The molecule has 0 saturated carbocycles. The molecule has 1 aromatic rings. The van der Waals surface area contributed by atoms with E-state index in [9.17, 15) is 50.4 Å². The fourth-order valence-corrected chi connectivity index (χ4v) is 3.92. The summed E-state index contributed by atoms with van der Waals surface area (Å²) in [5.74, 6) is -1.07. The van der Waals surface area contributed by atoms with Crippen LogP contribution in [0.3, 0.4) is 0 Å². The molecule has 10 atom stereocenters. The van der Waals surface area contributed by atoms with Gasteiger partial charge in [0.1, 0.15) is 54.9 Å². The van der Waals surface area contributed by atoms with Gasteiger partial charge in [-0.25, -0.2) is 4.79 Å². The molecule has 2 fully saturated rings. The van der Waals surface area contributed by atoms with Crippen LogP contribution in [0.15, 0.2) is 9.59 Å². The zero-order valence-electron chi connectivity index (χ0n) is 18.7. The molecule has 2 aliphatic rings. The summed E-state index contributed by atoms with van der Waals surface area (Å²) in [4.78, 5) is 24.5. The van der Waals surface area contributed by atoms with Crippen molar-refractivity contribution < 1.29 is 84.6 Å². The van der Waals surface area contributed by atoms with Crippen molar-refractivity contribution in [2.24, 2.45) is 14.1 Å². The van der Waals surface area contributed by atoms with Crippen LogP contribution in [0.1, 0.15) is 11.7 Å². The molecule has 0 amide bonds. The molecule has 0 radical (unpaired) electrons. The Labute approximate surface area is 214 Å². The molecular formula is C18H27N2NaO13. The molecule has 3 rings (SSSR count). The second kappa shape index (κ2) is 11.4. The van der Waals surface area contributed by atoms with Gasteiger partial charge >= 0.3 is 35.2 Å². The van der Waals surface area contributed by atoms with Crippen molar-refractivity contribution >= 4 is 0 Å². The van der Waals surface area contributed by atoms with E-state index in [2.05, 4.69) is 0 Å². The molecule has 15 nitrogen and oxygen atoms in total. The third-order valence-electron chi connectivity index (χ3n) is 5.93. The largest absolute Gasteiger partial charge is 1.00 e. The molecule has 0 spiro atoms. The van der Waals surface area contributed by atoms with Gasteiger partial charge in [0.2, 0.25) is 0 Å². The predicted octanol–water partition coefficient (Wildman–Crippen LogP) is -9.50. The Balaban J connectivity index is 0.00000408. The van der Waals surface area contributed by atoms with Crippen molar-refractivity contribution in [3.63, 3.8) is 0 Å². The van der Waals surface area contributed by atoms with Crippen molar-refractivity contribution in [3.8, 4) is 5.88 Å². The summed E-state index contributed by atoms with van der Waals surface area (Å²) in [6.07, 6.45) is -17.0. The summed E-state index contributed by atoms with van der Waals surface area (Å²) in [5.41, 5.74) is -2.64. The fourth-order valence-electron chi connectivity index (χ4n) is 3.92. The molecule has 16 heteroatoms. The van der Waals surface area contributed by atoms with Crippen molar-refractivity contribution in [2.45, 2.75) is 61.2 Å². The van der Waals surface area contributed by atoms with E-state index in [0.29, 0.717) is 9.13 Å². The van der Waals surface area contributed by atoms with E-state index >= 15 is 0 Å². The quantitative estimate of drug-likeness (QED) is 0.185. The van der Waals surface area contributed by atoms with Crippen molar-refractivity contribution in [3.05, 3.63) is 26.4 Å². The molecule has 188 valence electrons. The van der Waals surface area contributed by atoms with Gasteiger partial charge in [-0.3, -0.25) is 9.36 Å². The second-order valence-electron chi connectivity index (χ2n) is 7.98. The van der Waals surface area contributed by atoms with E-state index in [1.807, 2.05) is 0 Å². The fraction of sp³-hybridized carbons (Fsp3) is 0.778. The molecule has 2 saturated heterocycles. The monoisotopic (exact) mass is 502 g/mol. The van der Waals surface area contributed by atoms with Gasteiger partial charge in [-0.1, -0.05) is 0 Å². The number of aliphatic hydroxyl groups is 7. The van der Waals surface area contributed by atoms with Gasteiger partial charge in [-0.15, -0.1) is 0 Å². The Morgan fingerprint density at radius 1 is 0.853 bits per heavy atom. The Morgan fingerprint density at radius 3 is 2.00 bits per heavy atom. The van der Waals surface area contributed by atoms with E-state index in [-0.39, 0.29) is 29.6 Å². The molecule has 3 heterocycles. The Hall–Kier alpha value is -0.920. The molecule has 0 unspecified atom stereocenters. The van der Waals surface area contributed by atoms with Gasteiger partial charge in [0.25, 0.3) is 5.56 Å². The SMILES string of the molecule is Cn1c([O-])c([C@@H]2O[C@H](CO)[C@@H](O[C@@H]3O[C@H](CO)[C@H](O)[C@H](O)[C@H]3O)[C@H](O)[C@H]2O)c(=O)n(C)c1=O.[Na+]. The van der Waals surface area contributed by atoms with Gasteiger partial charge < -0.3 is 59.6 Å². The van der Waals surface area contributed by atoms with E-state index < -0.39 is 97.1 Å². The Morgan fingerprint density at radius 2 is 1.44 bits per heavy atom. The molecule has 2 aliphatic heterocycles. The minimum atomic E-state index is -1.96. The number of aliphatic hydroxyl groups excluding tert-OH is 7. The molecular weight excluding hydrogens is 475 g/mol. The maximum Gasteiger partial charge on any atom is 1.00 e. The van der Waals surface area contributed by atoms with Crippen LogP contribution in [-0.4, -0.2) is 113 Å². The van der Waals surface area contributed by atoms with Crippen LogP contribution in [0.4, 0.5) is 0 Å². The first-order valence-electron chi connectivity index (χ1n) is 10.0. The third kappa shape index (κ3) is 4.99. The average Bonchev–Trinajstić information content (AvgIpc) is 2.80. The topological polar surface area (TPSA) is 236 Å². The van der Waals surface area contributed by atoms with E-state index in [1.165, 1.54) is 0 Å². The number of nitrogens with zero attached hydrogens (tertiary/aromatic N) is 2. The molecule has 34 heavy (non-hydrogen) atoms. The maximum atomic E-state index is 12.5. The minimum Gasteiger partial charge on any atom is -0.860 e. The zero-order valence-corrected chi connectivity index (χ0v) is 20.7. The van der Waals surface area contributed by atoms with Crippen LogP contribution < -0.4 is 45.9 Å². The molecule has 0 aliphatic carbocycles. The standard InChI is InChI=1S/C18H28N2O13.Na/c1-19-15(28)7(16(29)20(2)18(19)30)14-11(26)10(25)13(6(4-22)31-14)33-17-12(27)9(24)8(23)5(3-21)32-17;/h5-6,8-14,17,21-28H,3-4H2,1-2H3;/q;+1/p-1/t5-,6-,8+,9+,10-,11-,12-,13-,14+,17+;/m1./s1. The molecule has 0 bridgehead atoms. The number of hydrogen-bond acceptors (Lipinski definition) is 13. The number of ether oxygens (including phenoxy) is 3. The summed E-state index contributed by atoms with van der Waals surface area (Å²) in [7, 11) is 2.21. The zero-order chi connectivity index (χ0) is 24.8. The van der Waals surface area contributed by atoms with E-state index in [4.69, 9.17) is 14.2 Å². The van der Waals surface area contributed by atoms with E-state index in [1.54, 1.807) is 0 Å². The van der Waals surface area contributed by atoms with Crippen molar-refractivity contribution in [1.82, 2.24) is 9.13 Å². The maximum absolute atomic E-state index is 12.5. The normalized spacial score (nSPS) is 38.4. The molecule has 1 aromatic heterocycles. The van der Waals surface area contributed by atoms with Crippen molar-refractivity contribution in [2.75, 3.05) is 13.2 Å². The molecule has 7 N–H and O–H groups in total. The summed E-state index contributed by atoms with van der Waals surface area (Å²) in [6, 6.07) is 0. The van der Waals surface area contributed by atoms with E-state index in [0.717, 1.165) is 14.1 Å². The summed E-state index contributed by atoms with van der Waals surface area (Å²) in [6.45, 7) is -1.59. The van der Waals surface area contributed by atoms with Crippen molar-refractivity contribution in [1.29, 1.82) is 0 Å². The van der Waals surface area contributed by atoms with Crippen LogP contribution >= 0.6 is 0 Å².